The number of guanidine groups is 1. The lowest BCUT2D eigenvalue weighted by atomic mass is 10.3. The predicted octanol–water partition coefficient (Wildman–Crippen LogP) is 2.33. The van der Waals surface area contributed by atoms with E-state index in [0.29, 0.717) is 16.7 Å². The molecule has 3 nitrogen and oxygen atoms in total. The molecule has 0 atom stereocenters. The molecule has 0 aliphatic heterocycles. The van der Waals surface area contributed by atoms with Gasteiger partial charge in [-0.05, 0) is 41.1 Å². The van der Waals surface area contributed by atoms with Crippen LogP contribution in [0.25, 0.3) is 0 Å². The van der Waals surface area contributed by atoms with Crippen molar-refractivity contribution in [2.75, 3.05) is 11.9 Å². The van der Waals surface area contributed by atoms with Gasteiger partial charge in [0.2, 0.25) is 0 Å². The Morgan fingerprint density at radius 3 is 2.93 bits per heavy atom. The molecule has 0 radical (unpaired) electrons. The van der Waals surface area contributed by atoms with E-state index in [1.807, 2.05) is 6.92 Å². The number of nitrogens with two attached hydrogens (primary N) is 1. The van der Waals surface area contributed by atoms with E-state index in [9.17, 15) is 4.39 Å². The molecule has 3 N–H and O–H groups in total. The lowest BCUT2D eigenvalue weighted by molar-refractivity contribution is 0.622. The van der Waals surface area contributed by atoms with Crippen LogP contribution in [0, 0.1) is 5.82 Å². The Labute approximate surface area is 90.3 Å². The van der Waals surface area contributed by atoms with Crippen LogP contribution in [0.15, 0.2) is 27.7 Å². The first-order valence-electron chi connectivity index (χ1n) is 4.15. The Bertz CT molecular complexity index is 352. The van der Waals surface area contributed by atoms with Crippen LogP contribution < -0.4 is 11.1 Å². The Morgan fingerprint density at radius 1 is 1.64 bits per heavy atom. The molecular weight excluding hydrogens is 249 g/mol. The summed E-state index contributed by atoms with van der Waals surface area (Å²) in [6.07, 6.45) is 0. The van der Waals surface area contributed by atoms with Gasteiger partial charge in [0.05, 0.1) is 4.47 Å². The molecule has 0 aromatic heterocycles. The van der Waals surface area contributed by atoms with Gasteiger partial charge in [-0.2, -0.15) is 0 Å². The van der Waals surface area contributed by atoms with Gasteiger partial charge in [-0.1, -0.05) is 0 Å². The van der Waals surface area contributed by atoms with Crippen LogP contribution >= 0.6 is 15.9 Å². The van der Waals surface area contributed by atoms with E-state index in [4.69, 9.17) is 5.73 Å². The van der Waals surface area contributed by atoms with Gasteiger partial charge in [0.25, 0.3) is 0 Å². The highest BCUT2D eigenvalue weighted by molar-refractivity contribution is 9.10. The number of halogens is 2. The molecule has 1 aromatic carbocycles. The second-order valence-electron chi connectivity index (χ2n) is 2.61. The van der Waals surface area contributed by atoms with Crippen molar-refractivity contribution in [1.29, 1.82) is 0 Å². The fraction of sp³-hybridized carbons (Fsp3) is 0.222. The highest BCUT2D eigenvalue weighted by atomic mass is 79.9. The highest BCUT2D eigenvalue weighted by Gasteiger charge is 2.00. The van der Waals surface area contributed by atoms with E-state index in [1.165, 1.54) is 6.07 Å². The largest absolute Gasteiger partial charge is 0.370 e. The minimum absolute atomic E-state index is 0.286. The molecule has 0 heterocycles. The SMILES string of the molecule is CCN=C(N)Nc1ccc(Br)c(F)c1. The number of aliphatic imine (C=N–C) groups is 1. The third-order valence-corrected chi connectivity index (χ3v) is 2.16. The molecule has 0 unspecified atom stereocenters. The maximum absolute atomic E-state index is 13.0. The van der Waals surface area contributed by atoms with Crippen LogP contribution in [0.3, 0.4) is 0 Å². The Morgan fingerprint density at radius 2 is 2.36 bits per heavy atom. The normalized spacial score (nSPS) is 11.5. The Balaban J connectivity index is 2.78. The molecule has 1 rings (SSSR count). The third-order valence-electron chi connectivity index (χ3n) is 1.52. The first kappa shape index (κ1) is 11.0. The van der Waals surface area contributed by atoms with Crippen LogP contribution in [-0.4, -0.2) is 12.5 Å². The molecule has 76 valence electrons. The number of hydrogen-bond acceptors (Lipinski definition) is 1. The minimum atomic E-state index is -0.334. The van der Waals surface area contributed by atoms with E-state index >= 15 is 0 Å². The summed E-state index contributed by atoms with van der Waals surface area (Å²) in [6.45, 7) is 2.47. The molecule has 0 saturated heterocycles. The third kappa shape index (κ3) is 2.99. The van der Waals surface area contributed by atoms with Gasteiger partial charge in [0.15, 0.2) is 5.96 Å². The van der Waals surface area contributed by atoms with Crippen molar-refractivity contribution in [3.8, 4) is 0 Å². The molecule has 14 heavy (non-hydrogen) atoms. The molecule has 0 amide bonds. The first-order valence-corrected chi connectivity index (χ1v) is 4.94. The quantitative estimate of drug-likeness (QED) is 0.633. The summed E-state index contributed by atoms with van der Waals surface area (Å²) in [6, 6.07) is 4.67. The maximum Gasteiger partial charge on any atom is 0.193 e. The van der Waals surface area contributed by atoms with Crippen molar-refractivity contribution in [1.82, 2.24) is 0 Å². The fourth-order valence-electron chi connectivity index (χ4n) is 0.932. The van der Waals surface area contributed by atoms with E-state index < -0.39 is 0 Å². The second-order valence-corrected chi connectivity index (χ2v) is 3.47. The Hall–Kier alpha value is -1.10. The smallest absolute Gasteiger partial charge is 0.193 e. The van der Waals surface area contributed by atoms with E-state index in [2.05, 4.69) is 26.2 Å². The van der Waals surface area contributed by atoms with Crippen LogP contribution in [0.1, 0.15) is 6.92 Å². The van der Waals surface area contributed by atoms with Crippen molar-refractivity contribution in [2.45, 2.75) is 6.92 Å². The summed E-state index contributed by atoms with van der Waals surface area (Å²) in [5.74, 6) is -0.0477. The number of nitrogens with zero attached hydrogens (tertiary/aromatic N) is 1. The summed E-state index contributed by atoms with van der Waals surface area (Å²) < 4.78 is 13.5. The summed E-state index contributed by atoms with van der Waals surface area (Å²) in [5, 5.41) is 2.78. The zero-order chi connectivity index (χ0) is 10.6. The minimum Gasteiger partial charge on any atom is -0.370 e. The van der Waals surface area contributed by atoms with Gasteiger partial charge < -0.3 is 11.1 Å². The molecule has 0 spiro atoms. The number of hydrogen-bond donors (Lipinski definition) is 2. The summed E-state index contributed by atoms with van der Waals surface area (Å²) in [4.78, 5) is 3.92. The molecule has 5 heteroatoms. The van der Waals surface area contributed by atoms with E-state index in [1.54, 1.807) is 12.1 Å². The van der Waals surface area contributed by atoms with Crippen molar-refractivity contribution in [3.05, 3.63) is 28.5 Å². The van der Waals surface area contributed by atoms with Gasteiger partial charge in [0, 0.05) is 12.2 Å². The van der Waals surface area contributed by atoms with Crippen LogP contribution in [0.2, 0.25) is 0 Å². The average molecular weight is 260 g/mol. The number of anilines is 1. The maximum atomic E-state index is 13.0. The van der Waals surface area contributed by atoms with E-state index in [-0.39, 0.29) is 11.8 Å². The number of rotatable bonds is 2. The van der Waals surface area contributed by atoms with Crippen molar-refractivity contribution in [2.24, 2.45) is 10.7 Å². The first-order chi connectivity index (χ1) is 6.63. The van der Waals surface area contributed by atoms with Gasteiger partial charge in [-0.3, -0.25) is 4.99 Å². The Kier molecular flexibility index (Phi) is 3.88. The molecule has 0 fully saturated rings. The molecule has 1 aromatic rings. The lowest BCUT2D eigenvalue weighted by Crippen LogP contribution is -2.22. The highest BCUT2D eigenvalue weighted by Crippen LogP contribution is 2.18. The zero-order valence-corrected chi connectivity index (χ0v) is 9.31. The summed E-state index contributed by atoms with van der Waals surface area (Å²) >= 11 is 3.06. The van der Waals surface area contributed by atoms with Crippen LogP contribution in [-0.2, 0) is 0 Å². The lowest BCUT2D eigenvalue weighted by Gasteiger charge is -2.05. The monoisotopic (exact) mass is 259 g/mol. The van der Waals surface area contributed by atoms with Gasteiger partial charge in [-0.15, -0.1) is 0 Å². The predicted molar refractivity (Wildman–Crippen MR) is 59.9 cm³/mol. The summed E-state index contributed by atoms with van der Waals surface area (Å²) in [7, 11) is 0. The van der Waals surface area contributed by atoms with E-state index in [0.717, 1.165) is 0 Å². The second kappa shape index (κ2) is 4.95. The molecule has 0 aliphatic rings. The molecule has 0 saturated carbocycles. The van der Waals surface area contributed by atoms with Gasteiger partial charge in [0.1, 0.15) is 5.82 Å². The topological polar surface area (TPSA) is 50.4 Å². The number of nitrogens with one attached hydrogen (secondary N) is 1. The molecule has 0 aliphatic carbocycles. The van der Waals surface area contributed by atoms with Crippen molar-refractivity contribution < 1.29 is 4.39 Å². The van der Waals surface area contributed by atoms with Gasteiger partial charge in [-0.25, -0.2) is 4.39 Å². The molecule has 0 bridgehead atoms. The molecular formula is C9H11BrFN3. The van der Waals surface area contributed by atoms with Crippen LogP contribution in [0.4, 0.5) is 10.1 Å². The van der Waals surface area contributed by atoms with Gasteiger partial charge >= 0.3 is 0 Å². The van der Waals surface area contributed by atoms with Crippen molar-refractivity contribution >= 4 is 27.6 Å². The number of benzene rings is 1. The summed E-state index contributed by atoms with van der Waals surface area (Å²) in [5.41, 5.74) is 6.09. The van der Waals surface area contributed by atoms with Crippen molar-refractivity contribution in [3.63, 3.8) is 0 Å². The standard InChI is InChI=1S/C9H11BrFN3/c1-2-13-9(12)14-6-3-4-7(10)8(11)5-6/h3-5H,2H2,1H3,(H3,12,13,14). The van der Waals surface area contributed by atoms with Crippen LogP contribution in [0.5, 0.6) is 0 Å². The zero-order valence-electron chi connectivity index (χ0n) is 7.72. The average Bonchev–Trinajstić information content (AvgIpc) is 2.12. The fourth-order valence-corrected chi connectivity index (χ4v) is 1.18.